The standard InChI is InChI=1S/C19H19ClN4O5/c20-10-1-2-11-9(5-10)6-27-8-28-15(11)16-13(25)14(26)19(29-16)24-4-3-12-17(21)22-7-23-18(12)24/h1-5,7,13-16,19,25-26H,6,8H2,(H2,21,22,23)/t13-,14+,15+,16-,19+/m0/s1. The van der Waals surface area contributed by atoms with E-state index < -0.39 is 30.6 Å². The summed E-state index contributed by atoms with van der Waals surface area (Å²) in [5.41, 5.74) is 8.05. The third-order valence-corrected chi connectivity index (χ3v) is 5.62. The van der Waals surface area contributed by atoms with E-state index in [1.54, 1.807) is 29.0 Å². The van der Waals surface area contributed by atoms with Crippen LogP contribution in [0.2, 0.25) is 5.02 Å². The number of ether oxygens (including phenoxy) is 3. The van der Waals surface area contributed by atoms with Crippen molar-refractivity contribution in [2.24, 2.45) is 0 Å². The summed E-state index contributed by atoms with van der Waals surface area (Å²) in [5.74, 6) is 0.327. The van der Waals surface area contributed by atoms with Gasteiger partial charge in [0, 0.05) is 11.2 Å². The molecule has 0 amide bonds. The van der Waals surface area contributed by atoms with Crippen LogP contribution in [-0.4, -0.2) is 49.9 Å². The number of aromatic nitrogens is 3. The van der Waals surface area contributed by atoms with Crippen LogP contribution in [0, 0.1) is 0 Å². The quantitative estimate of drug-likeness (QED) is 0.572. The Labute approximate surface area is 170 Å². The third-order valence-electron chi connectivity index (χ3n) is 5.39. The molecule has 0 unspecified atom stereocenters. The second-order valence-electron chi connectivity index (χ2n) is 7.09. The normalized spacial score (nSPS) is 29.7. The zero-order chi connectivity index (χ0) is 20.1. The van der Waals surface area contributed by atoms with Gasteiger partial charge in [-0.1, -0.05) is 17.7 Å². The van der Waals surface area contributed by atoms with Gasteiger partial charge < -0.3 is 34.7 Å². The van der Waals surface area contributed by atoms with Crippen molar-refractivity contribution in [2.45, 2.75) is 37.3 Å². The molecule has 4 N–H and O–H groups in total. The summed E-state index contributed by atoms with van der Waals surface area (Å²) in [7, 11) is 0. The summed E-state index contributed by atoms with van der Waals surface area (Å²) in [4.78, 5) is 8.21. The monoisotopic (exact) mass is 418 g/mol. The molecule has 0 bridgehead atoms. The first-order valence-electron chi connectivity index (χ1n) is 9.11. The summed E-state index contributed by atoms with van der Waals surface area (Å²) in [6, 6.07) is 7.11. The molecule has 1 fully saturated rings. The number of fused-ring (bicyclic) bond motifs is 2. The molecule has 2 aliphatic rings. The molecule has 3 aromatic rings. The first-order valence-corrected chi connectivity index (χ1v) is 9.48. The molecule has 0 spiro atoms. The predicted octanol–water partition coefficient (Wildman–Crippen LogP) is 1.53. The summed E-state index contributed by atoms with van der Waals surface area (Å²) in [6.45, 7) is 0.361. The van der Waals surface area contributed by atoms with E-state index in [0.717, 1.165) is 11.1 Å². The Morgan fingerprint density at radius 3 is 2.90 bits per heavy atom. The number of nitrogens with zero attached hydrogens (tertiary/aromatic N) is 3. The number of anilines is 1. The number of nitrogens with two attached hydrogens (primary N) is 1. The lowest BCUT2D eigenvalue weighted by molar-refractivity contribution is -0.151. The predicted molar refractivity (Wildman–Crippen MR) is 103 cm³/mol. The van der Waals surface area contributed by atoms with Crippen molar-refractivity contribution in [3.63, 3.8) is 0 Å². The highest BCUT2D eigenvalue weighted by atomic mass is 35.5. The van der Waals surface area contributed by atoms with Gasteiger partial charge in [0.15, 0.2) is 6.23 Å². The number of hydrogen-bond donors (Lipinski definition) is 3. The number of benzene rings is 1. The Hall–Kier alpha value is -2.27. The second-order valence-corrected chi connectivity index (χ2v) is 7.52. The molecule has 2 aromatic heterocycles. The van der Waals surface area contributed by atoms with Crippen molar-refractivity contribution < 1.29 is 24.4 Å². The van der Waals surface area contributed by atoms with E-state index in [1.807, 2.05) is 6.07 Å². The van der Waals surface area contributed by atoms with Gasteiger partial charge in [-0.25, -0.2) is 9.97 Å². The van der Waals surface area contributed by atoms with Crippen LogP contribution in [0.4, 0.5) is 5.82 Å². The van der Waals surface area contributed by atoms with E-state index in [0.29, 0.717) is 28.5 Å². The second kappa shape index (κ2) is 7.21. The number of rotatable bonds is 2. The van der Waals surface area contributed by atoms with Crippen LogP contribution >= 0.6 is 11.6 Å². The van der Waals surface area contributed by atoms with Gasteiger partial charge >= 0.3 is 0 Å². The molecular weight excluding hydrogens is 400 g/mol. The highest BCUT2D eigenvalue weighted by Gasteiger charge is 2.49. The summed E-state index contributed by atoms with van der Waals surface area (Å²) >= 11 is 6.11. The first kappa shape index (κ1) is 18.7. The van der Waals surface area contributed by atoms with Crippen molar-refractivity contribution in [3.05, 3.63) is 52.9 Å². The van der Waals surface area contributed by atoms with E-state index in [9.17, 15) is 10.2 Å². The maximum atomic E-state index is 10.8. The van der Waals surface area contributed by atoms with Gasteiger partial charge in [-0.05, 0) is 29.3 Å². The minimum Gasteiger partial charge on any atom is -0.387 e. The van der Waals surface area contributed by atoms with Crippen molar-refractivity contribution in [3.8, 4) is 0 Å². The summed E-state index contributed by atoms with van der Waals surface area (Å²) < 4.78 is 19.1. The Kier molecular flexibility index (Phi) is 4.66. The minimum absolute atomic E-state index is 0.0283. The van der Waals surface area contributed by atoms with E-state index in [1.165, 1.54) is 6.33 Å². The molecule has 1 aromatic carbocycles. The molecule has 2 aliphatic heterocycles. The fraction of sp³-hybridized carbons (Fsp3) is 0.368. The molecule has 0 aliphatic carbocycles. The Morgan fingerprint density at radius 2 is 2.03 bits per heavy atom. The van der Waals surface area contributed by atoms with Crippen molar-refractivity contribution in [1.82, 2.24) is 14.5 Å². The average molecular weight is 419 g/mol. The van der Waals surface area contributed by atoms with Crippen LogP contribution in [0.3, 0.4) is 0 Å². The van der Waals surface area contributed by atoms with Gasteiger partial charge in [0.1, 0.15) is 49.0 Å². The maximum absolute atomic E-state index is 10.8. The molecule has 5 atom stereocenters. The van der Waals surface area contributed by atoms with E-state index in [4.69, 9.17) is 31.5 Å². The number of hydrogen-bond acceptors (Lipinski definition) is 8. The lowest BCUT2D eigenvalue weighted by Gasteiger charge is -2.25. The fourth-order valence-corrected chi connectivity index (χ4v) is 4.17. The average Bonchev–Trinajstić information content (AvgIpc) is 3.18. The molecule has 5 rings (SSSR count). The van der Waals surface area contributed by atoms with Gasteiger partial charge in [-0.3, -0.25) is 0 Å². The van der Waals surface area contributed by atoms with Crippen molar-refractivity contribution in [1.29, 1.82) is 0 Å². The van der Waals surface area contributed by atoms with Gasteiger partial charge in [-0.15, -0.1) is 0 Å². The zero-order valence-electron chi connectivity index (χ0n) is 15.2. The Bertz CT molecular complexity index is 1060. The maximum Gasteiger partial charge on any atom is 0.164 e. The fourth-order valence-electron chi connectivity index (χ4n) is 3.97. The molecule has 0 saturated carbocycles. The van der Waals surface area contributed by atoms with Crippen molar-refractivity contribution >= 4 is 28.5 Å². The minimum atomic E-state index is -1.20. The smallest absolute Gasteiger partial charge is 0.164 e. The van der Waals surface area contributed by atoms with Crippen LogP contribution in [0.5, 0.6) is 0 Å². The van der Waals surface area contributed by atoms with Crippen molar-refractivity contribution in [2.75, 3.05) is 12.5 Å². The number of aliphatic hydroxyl groups is 2. The van der Waals surface area contributed by atoms with Gasteiger partial charge in [0.05, 0.1) is 12.0 Å². The van der Waals surface area contributed by atoms with Gasteiger partial charge in [0.2, 0.25) is 0 Å². The summed E-state index contributed by atoms with van der Waals surface area (Å²) in [5, 5.41) is 22.7. The highest BCUT2D eigenvalue weighted by molar-refractivity contribution is 6.30. The molecule has 10 heteroatoms. The van der Waals surface area contributed by atoms with Crippen LogP contribution in [0.15, 0.2) is 36.8 Å². The van der Waals surface area contributed by atoms with Gasteiger partial charge in [-0.2, -0.15) is 0 Å². The molecule has 0 radical (unpaired) electrons. The third kappa shape index (κ3) is 3.07. The van der Waals surface area contributed by atoms with Crippen LogP contribution in [0.25, 0.3) is 11.0 Å². The Balaban J connectivity index is 1.51. The van der Waals surface area contributed by atoms with Gasteiger partial charge in [0.25, 0.3) is 0 Å². The Morgan fingerprint density at radius 1 is 1.17 bits per heavy atom. The SMILES string of the molecule is Nc1ncnc2c1ccn2[C@@H]1O[C@H]([C@@H]2OCOCc3cc(Cl)ccc32)[C@@H](O)[C@H]1O. The molecule has 1 saturated heterocycles. The molecule has 29 heavy (non-hydrogen) atoms. The molecule has 152 valence electrons. The lowest BCUT2D eigenvalue weighted by Crippen LogP contribution is -2.36. The van der Waals surface area contributed by atoms with E-state index in [-0.39, 0.29) is 6.79 Å². The van der Waals surface area contributed by atoms with Crippen LogP contribution < -0.4 is 5.73 Å². The first-order chi connectivity index (χ1) is 14.0. The van der Waals surface area contributed by atoms with Crippen LogP contribution in [0.1, 0.15) is 23.5 Å². The largest absolute Gasteiger partial charge is 0.387 e. The van der Waals surface area contributed by atoms with E-state index in [2.05, 4.69) is 9.97 Å². The molecular formula is C19H19ClN4O5. The number of nitrogen functional groups attached to an aromatic ring is 1. The summed E-state index contributed by atoms with van der Waals surface area (Å²) in [6.07, 6.45) is -1.68. The number of halogens is 1. The lowest BCUT2D eigenvalue weighted by atomic mass is 9.95. The zero-order valence-corrected chi connectivity index (χ0v) is 15.9. The highest BCUT2D eigenvalue weighted by Crippen LogP contribution is 2.41. The number of aliphatic hydroxyl groups excluding tert-OH is 2. The van der Waals surface area contributed by atoms with Crippen LogP contribution in [-0.2, 0) is 20.8 Å². The molecule has 4 heterocycles. The van der Waals surface area contributed by atoms with E-state index >= 15 is 0 Å². The topological polar surface area (TPSA) is 125 Å². The molecule has 9 nitrogen and oxygen atoms in total.